The second kappa shape index (κ2) is 6.16. The fourth-order valence-electron chi connectivity index (χ4n) is 1.98. The van der Waals surface area contributed by atoms with Gasteiger partial charge in [0.2, 0.25) is 0 Å². The van der Waals surface area contributed by atoms with Gasteiger partial charge in [-0.1, -0.05) is 12.2 Å². The van der Waals surface area contributed by atoms with Gasteiger partial charge in [-0.2, -0.15) is 0 Å². The molecule has 1 aromatic heterocycles. The first-order valence-corrected chi connectivity index (χ1v) is 6.76. The maximum atomic E-state index is 5.79. The van der Waals surface area contributed by atoms with Crippen LogP contribution < -0.4 is 15.4 Å². The second-order valence-electron chi connectivity index (χ2n) is 4.70. The Kier molecular flexibility index (Phi) is 4.55. The van der Waals surface area contributed by atoms with Crippen molar-refractivity contribution in [3.05, 3.63) is 18.3 Å². The Morgan fingerprint density at radius 3 is 3.11 bits per heavy atom. The second-order valence-corrected chi connectivity index (χ2v) is 5.17. The first-order valence-electron chi connectivity index (χ1n) is 6.35. The van der Waals surface area contributed by atoms with E-state index in [0.717, 1.165) is 18.1 Å². The van der Waals surface area contributed by atoms with Gasteiger partial charge in [0.05, 0.1) is 19.3 Å². The van der Waals surface area contributed by atoms with Gasteiger partial charge in [-0.25, -0.2) is 4.98 Å². The molecule has 1 aliphatic heterocycles. The van der Waals surface area contributed by atoms with E-state index >= 15 is 0 Å². The average Bonchev–Trinajstić information content (AvgIpc) is 2.39. The van der Waals surface area contributed by atoms with E-state index < -0.39 is 0 Å². The molecule has 2 rings (SSSR count). The molecule has 1 aliphatic rings. The largest absolute Gasteiger partial charge is 0.487 e. The molecule has 104 valence electrons. The van der Waals surface area contributed by atoms with Gasteiger partial charge in [-0.05, 0) is 26.0 Å². The molecule has 1 unspecified atom stereocenters. The maximum Gasteiger partial charge on any atom is 0.171 e. The Balaban J connectivity index is 2.18. The number of ether oxygens (including phenoxy) is 2. The van der Waals surface area contributed by atoms with Gasteiger partial charge < -0.3 is 20.1 Å². The molecular weight excluding hydrogens is 262 g/mol. The Morgan fingerprint density at radius 2 is 2.42 bits per heavy atom. The maximum absolute atomic E-state index is 5.79. The molecule has 0 saturated carbocycles. The van der Waals surface area contributed by atoms with Gasteiger partial charge in [-0.15, -0.1) is 0 Å². The number of thiocarbonyl (C=S) groups is 1. The summed E-state index contributed by atoms with van der Waals surface area (Å²) in [6, 6.07) is 3.79. The predicted octanol–water partition coefficient (Wildman–Crippen LogP) is 1.36. The van der Waals surface area contributed by atoms with Crippen molar-refractivity contribution in [2.24, 2.45) is 5.73 Å². The zero-order chi connectivity index (χ0) is 13.8. The van der Waals surface area contributed by atoms with Crippen LogP contribution in [-0.4, -0.2) is 41.9 Å². The van der Waals surface area contributed by atoms with Gasteiger partial charge in [0.1, 0.15) is 11.1 Å². The Hall–Kier alpha value is -1.40. The van der Waals surface area contributed by atoms with Gasteiger partial charge in [-0.3, -0.25) is 0 Å². The van der Waals surface area contributed by atoms with E-state index in [1.165, 1.54) is 0 Å². The minimum atomic E-state index is -0.224. The lowest BCUT2D eigenvalue weighted by atomic mass is 10.2. The third-order valence-electron chi connectivity index (χ3n) is 2.80. The van der Waals surface area contributed by atoms with Crippen molar-refractivity contribution in [3.8, 4) is 5.75 Å². The highest BCUT2D eigenvalue weighted by Gasteiger charge is 2.25. The van der Waals surface area contributed by atoms with Crippen LogP contribution in [0.25, 0.3) is 0 Å². The molecule has 2 heterocycles. The van der Waals surface area contributed by atoms with Crippen LogP contribution in [0.3, 0.4) is 0 Å². The summed E-state index contributed by atoms with van der Waals surface area (Å²) < 4.78 is 11.3. The van der Waals surface area contributed by atoms with Crippen LogP contribution in [0.1, 0.15) is 13.8 Å². The van der Waals surface area contributed by atoms with E-state index in [2.05, 4.69) is 9.88 Å². The van der Waals surface area contributed by atoms with E-state index in [4.69, 9.17) is 27.4 Å². The minimum absolute atomic E-state index is 0.107. The number of rotatable bonds is 4. The SMILES string of the molecule is CC(C)Oc1cccnc1N1CCOC(C(N)=S)C1. The third-order valence-corrected chi connectivity index (χ3v) is 3.06. The molecule has 1 fully saturated rings. The number of pyridine rings is 1. The summed E-state index contributed by atoms with van der Waals surface area (Å²) in [5, 5.41) is 0. The fourth-order valence-corrected chi connectivity index (χ4v) is 2.12. The predicted molar refractivity (Wildman–Crippen MR) is 78.7 cm³/mol. The molecule has 0 amide bonds. The van der Waals surface area contributed by atoms with Crippen molar-refractivity contribution in [2.45, 2.75) is 26.1 Å². The number of morpholine rings is 1. The average molecular weight is 281 g/mol. The van der Waals surface area contributed by atoms with Crippen molar-refractivity contribution in [1.82, 2.24) is 4.98 Å². The minimum Gasteiger partial charge on any atom is -0.487 e. The molecule has 1 saturated heterocycles. The zero-order valence-electron chi connectivity index (χ0n) is 11.2. The number of nitrogens with zero attached hydrogens (tertiary/aromatic N) is 2. The van der Waals surface area contributed by atoms with E-state index in [9.17, 15) is 0 Å². The molecule has 1 atom stereocenters. The van der Waals surface area contributed by atoms with E-state index in [0.29, 0.717) is 18.1 Å². The van der Waals surface area contributed by atoms with Crippen LogP contribution in [0, 0.1) is 0 Å². The van der Waals surface area contributed by atoms with Crippen molar-refractivity contribution in [3.63, 3.8) is 0 Å². The summed E-state index contributed by atoms with van der Waals surface area (Å²) in [7, 11) is 0. The summed E-state index contributed by atoms with van der Waals surface area (Å²) >= 11 is 5.00. The van der Waals surface area contributed by atoms with Crippen LogP contribution >= 0.6 is 12.2 Å². The Morgan fingerprint density at radius 1 is 1.63 bits per heavy atom. The smallest absolute Gasteiger partial charge is 0.171 e. The van der Waals surface area contributed by atoms with Crippen molar-refractivity contribution >= 4 is 23.0 Å². The van der Waals surface area contributed by atoms with Gasteiger partial charge in [0.25, 0.3) is 0 Å². The highest BCUT2D eigenvalue weighted by atomic mass is 32.1. The first-order chi connectivity index (χ1) is 9.08. The summed E-state index contributed by atoms with van der Waals surface area (Å²) in [6.45, 7) is 5.94. The van der Waals surface area contributed by atoms with Crippen molar-refractivity contribution in [2.75, 3.05) is 24.6 Å². The highest BCUT2D eigenvalue weighted by molar-refractivity contribution is 7.80. The topological polar surface area (TPSA) is 60.6 Å². The quantitative estimate of drug-likeness (QED) is 0.841. The van der Waals surface area contributed by atoms with Crippen LogP contribution in [-0.2, 0) is 4.74 Å². The van der Waals surface area contributed by atoms with Crippen LogP contribution in [0.15, 0.2) is 18.3 Å². The lowest BCUT2D eigenvalue weighted by Gasteiger charge is -2.34. The van der Waals surface area contributed by atoms with Crippen LogP contribution in [0.2, 0.25) is 0 Å². The molecule has 2 N–H and O–H groups in total. The van der Waals surface area contributed by atoms with Gasteiger partial charge >= 0.3 is 0 Å². The highest BCUT2D eigenvalue weighted by Crippen LogP contribution is 2.27. The third kappa shape index (κ3) is 3.54. The van der Waals surface area contributed by atoms with Gasteiger partial charge in [0, 0.05) is 12.7 Å². The summed E-state index contributed by atoms with van der Waals surface area (Å²) in [5.74, 6) is 1.60. The summed E-state index contributed by atoms with van der Waals surface area (Å²) in [5.41, 5.74) is 5.65. The van der Waals surface area contributed by atoms with E-state index in [1.54, 1.807) is 6.20 Å². The zero-order valence-corrected chi connectivity index (χ0v) is 12.0. The molecule has 0 spiro atoms. The number of nitrogens with two attached hydrogens (primary N) is 1. The molecule has 1 aromatic rings. The molecular formula is C13H19N3O2S. The van der Waals surface area contributed by atoms with Crippen LogP contribution in [0.4, 0.5) is 5.82 Å². The molecule has 6 heteroatoms. The Labute approximate surface area is 118 Å². The van der Waals surface area contributed by atoms with E-state index in [1.807, 2.05) is 26.0 Å². The molecule has 5 nitrogen and oxygen atoms in total. The lowest BCUT2D eigenvalue weighted by molar-refractivity contribution is 0.0840. The molecule has 0 bridgehead atoms. The standard InChI is InChI=1S/C13H19N3O2S/c1-9(2)18-10-4-3-5-15-13(10)16-6-7-17-11(8-16)12(14)19/h3-5,9,11H,6-8H2,1-2H3,(H2,14,19). The van der Waals surface area contributed by atoms with Crippen molar-refractivity contribution < 1.29 is 9.47 Å². The number of anilines is 1. The summed E-state index contributed by atoms with van der Waals surface area (Å²) in [6.07, 6.45) is 1.64. The molecule has 0 aliphatic carbocycles. The molecule has 19 heavy (non-hydrogen) atoms. The monoisotopic (exact) mass is 281 g/mol. The Bertz CT molecular complexity index is 453. The number of aromatic nitrogens is 1. The van der Waals surface area contributed by atoms with Gasteiger partial charge in [0.15, 0.2) is 11.6 Å². The molecule has 0 radical (unpaired) electrons. The van der Waals surface area contributed by atoms with Crippen LogP contribution in [0.5, 0.6) is 5.75 Å². The number of hydrogen-bond acceptors (Lipinski definition) is 5. The fraction of sp³-hybridized carbons (Fsp3) is 0.538. The van der Waals surface area contributed by atoms with E-state index in [-0.39, 0.29) is 12.2 Å². The van der Waals surface area contributed by atoms with Crippen molar-refractivity contribution in [1.29, 1.82) is 0 Å². The summed E-state index contributed by atoms with van der Waals surface area (Å²) in [4.78, 5) is 6.89. The normalized spacial score (nSPS) is 19.5. The lowest BCUT2D eigenvalue weighted by Crippen LogP contribution is -2.48. The first kappa shape index (κ1) is 14.0. The number of hydrogen-bond donors (Lipinski definition) is 1. The molecule has 0 aromatic carbocycles.